The lowest BCUT2D eigenvalue weighted by Gasteiger charge is -2.14. The fraction of sp³-hybridized carbons (Fsp3) is 0.800. The van der Waals surface area contributed by atoms with Gasteiger partial charge in [0.2, 0.25) is 0 Å². The quantitative estimate of drug-likeness (QED) is 0.327. The van der Waals surface area contributed by atoms with E-state index in [1.165, 1.54) is 12.2 Å². The molecule has 0 rings (SSSR count). The van der Waals surface area contributed by atoms with Crippen LogP contribution in [0.25, 0.3) is 0 Å². The van der Waals surface area contributed by atoms with Crippen LogP contribution in [0.5, 0.6) is 0 Å². The van der Waals surface area contributed by atoms with Crippen LogP contribution in [0.1, 0.15) is 79.1 Å². The van der Waals surface area contributed by atoms with Crippen molar-refractivity contribution in [1.82, 2.24) is 0 Å². The number of rotatable bonds is 14. The van der Waals surface area contributed by atoms with Crippen LogP contribution in [-0.4, -0.2) is 25.2 Å². The lowest BCUT2D eigenvalue weighted by atomic mass is 10.0. The molecule has 0 radical (unpaired) electrons. The SMILES string of the molecule is CCCC[C@@H](CC)COC(=O)/C=C\C(=O)OC[C@@H](CC)CCCC. The van der Waals surface area contributed by atoms with E-state index in [2.05, 4.69) is 27.7 Å². The zero-order valence-electron chi connectivity index (χ0n) is 16.0. The van der Waals surface area contributed by atoms with Crippen molar-refractivity contribution >= 4 is 11.9 Å². The van der Waals surface area contributed by atoms with Crippen LogP contribution in [0, 0.1) is 11.8 Å². The van der Waals surface area contributed by atoms with Crippen LogP contribution in [0.3, 0.4) is 0 Å². The minimum absolute atomic E-state index is 0.401. The van der Waals surface area contributed by atoms with Crippen molar-refractivity contribution in [2.45, 2.75) is 79.1 Å². The van der Waals surface area contributed by atoms with Crippen molar-refractivity contribution in [2.75, 3.05) is 13.2 Å². The Hall–Kier alpha value is -1.32. The van der Waals surface area contributed by atoms with E-state index in [0.717, 1.165) is 51.4 Å². The largest absolute Gasteiger partial charge is 0.462 e. The standard InChI is InChI=1S/C20H36O4/c1-5-9-11-17(7-3)15-23-19(21)13-14-20(22)24-16-18(8-4)12-10-6-2/h13-14,17-18H,5-12,15-16H2,1-4H3/b14-13-/t17-,18+. The lowest BCUT2D eigenvalue weighted by Crippen LogP contribution is -2.14. The van der Waals surface area contributed by atoms with Crippen LogP contribution in [0.15, 0.2) is 12.2 Å². The highest BCUT2D eigenvalue weighted by molar-refractivity contribution is 5.91. The topological polar surface area (TPSA) is 52.6 Å². The number of hydrogen-bond donors (Lipinski definition) is 0. The van der Waals surface area contributed by atoms with Gasteiger partial charge in [-0.15, -0.1) is 0 Å². The summed E-state index contributed by atoms with van der Waals surface area (Å²) in [6.45, 7) is 9.35. The Morgan fingerprint density at radius 1 is 0.750 bits per heavy atom. The number of unbranched alkanes of at least 4 members (excludes halogenated alkanes) is 2. The number of esters is 2. The van der Waals surface area contributed by atoms with Crippen molar-refractivity contribution < 1.29 is 19.1 Å². The van der Waals surface area contributed by atoms with E-state index in [0.29, 0.717) is 25.0 Å². The van der Waals surface area contributed by atoms with Crippen LogP contribution in [-0.2, 0) is 19.1 Å². The summed E-state index contributed by atoms with van der Waals surface area (Å²) in [6.07, 6.45) is 11.1. The molecular weight excluding hydrogens is 304 g/mol. The molecule has 0 saturated carbocycles. The van der Waals surface area contributed by atoms with Crippen molar-refractivity contribution in [1.29, 1.82) is 0 Å². The lowest BCUT2D eigenvalue weighted by molar-refractivity contribution is -0.142. The molecule has 24 heavy (non-hydrogen) atoms. The van der Waals surface area contributed by atoms with Gasteiger partial charge < -0.3 is 9.47 Å². The molecule has 0 heterocycles. The van der Waals surface area contributed by atoms with Gasteiger partial charge in [0.25, 0.3) is 0 Å². The maximum atomic E-state index is 11.7. The third-order valence-electron chi connectivity index (χ3n) is 4.36. The maximum Gasteiger partial charge on any atom is 0.331 e. The molecule has 0 aromatic rings. The van der Waals surface area contributed by atoms with Gasteiger partial charge in [0.1, 0.15) is 0 Å². The summed E-state index contributed by atoms with van der Waals surface area (Å²) in [5, 5.41) is 0. The highest BCUT2D eigenvalue weighted by Gasteiger charge is 2.10. The molecule has 2 atom stereocenters. The summed E-state index contributed by atoms with van der Waals surface area (Å²) in [5.41, 5.74) is 0. The summed E-state index contributed by atoms with van der Waals surface area (Å²) >= 11 is 0. The second kappa shape index (κ2) is 15.2. The Kier molecular flexibility index (Phi) is 14.4. The fourth-order valence-corrected chi connectivity index (χ4v) is 2.43. The van der Waals surface area contributed by atoms with Gasteiger partial charge in [-0.05, 0) is 24.7 Å². The van der Waals surface area contributed by atoms with Crippen LogP contribution in [0.2, 0.25) is 0 Å². The smallest absolute Gasteiger partial charge is 0.331 e. The monoisotopic (exact) mass is 340 g/mol. The van der Waals surface area contributed by atoms with Crippen molar-refractivity contribution in [3.63, 3.8) is 0 Å². The van der Waals surface area contributed by atoms with Gasteiger partial charge in [-0.1, -0.05) is 66.2 Å². The predicted molar refractivity (Wildman–Crippen MR) is 97.7 cm³/mol. The number of carbonyl (C=O) groups is 2. The van der Waals surface area contributed by atoms with Gasteiger partial charge in [0, 0.05) is 12.2 Å². The molecule has 0 saturated heterocycles. The predicted octanol–water partition coefficient (Wildman–Crippen LogP) is 5.06. The molecule has 0 aliphatic rings. The first-order chi connectivity index (χ1) is 11.6. The number of ether oxygens (including phenoxy) is 2. The van der Waals surface area contributed by atoms with E-state index in [4.69, 9.17) is 9.47 Å². The highest BCUT2D eigenvalue weighted by atomic mass is 16.5. The normalized spacial score (nSPS) is 13.7. The van der Waals surface area contributed by atoms with E-state index in [1.807, 2.05) is 0 Å². The van der Waals surface area contributed by atoms with Gasteiger partial charge in [0.15, 0.2) is 0 Å². The van der Waals surface area contributed by atoms with Crippen LogP contribution < -0.4 is 0 Å². The number of hydrogen-bond acceptors (Lipinski definition) is 4. The Morgan fingerprint density at radius 2 is 1.12 bits per heavy atom. The average molecular weight is 341 g/mol. The summed E-state index contributed by atoms with van der Waals surface area (Å²) in [5.74, 6) is -0.142. The summed E-state index contributed by atoms with van der Waals surface area (Å²) < 4.78 is 10.4. The maximum absolute atomic E-state index is 11.7. The Morgan fingerprint density at radius 3 is 1.42 bits per heavy atom. The molecule has 0 amide bonds. The zero-order chi connectivity index (χ0) is 18.2. The second-order valence-corrected chi connectivity index (χ2v) is 6.43. The molecule has 0 unspecified atom stereocenters. The minimum atomic E-state index is -0.472. The Balaban J connectivity index is 4.04. The Bertz CT molecular complexity index is 329. The Labute approximate surface area is 148 Å². The van der Waals surface area contributed by atoms with E-state index >= 15 is 0 Å². The molecule has 0 fully saturated rings. The van der Waals surface area contributed by atoms with E-state index in [1.54, 1.807) is 0 Å². The molecule has 0 N–H and O–H groups in total. The minimum Gasteiger partial charge on any atom is -0.462 e. The second-order valence-electron chi connectivity index (χ2n) is 6.43. The van der Waals surface area contributed by atoms with Gasteiger partial charge in [-0.2, -0.15) is 0 Å². The van der Waals surface area contributed by atoms with E-state index in [-0.39, 0.29) is 0 Å². The first kappa shape index (κ1) is 22.7. The molecule has 4 heteroatoms. The fourth-order valence-electron chi connectivity index (χ4n) is 2.43. The third-order valence-corrected chi connectivity index (χ3v) is 4.36. The van der Waals surface area contributed by atoms with E-state index in [9.17, 15) is 9.59 Å². The first-order valence-corrected chi connectivity index (χ1v) is 9.58. The average Bonchev–Trinajstić information content (AvgIpc) is 2.60. The van der Waals surface area contributed by atoms with Crippen molar-refractivity contribution in [2.24, 2.45) is 11.8 Å². The molecule has 4 nitrogen and oxygen atoms in total. The first-order valence-electron chi connectivity index (χ1n) is 9.58. The molecule has 0 spiro atoms. The molecule has 0 bridgehead atoms. The van der Waals surface area contributed by atoms with Gasteiger partial charge in [-0.25, -0.2) is 9.59 Å². The third kappa shape index (κ3) is 12.1. The molecule has 0 aliphatic heterocycles. The van der Waals surface area contributed by atoms with Crippen molar-refractivity contribution in [3.8, 4) is 0 Å². The zero-order valence-corrected chi connectivity index (χ0v) is 16.0. The van der Waals surface area contributed by atoms with Gasteiger partial charge in [0.05, 0.1) is 13.2 Å². The molecule has 0 aromatic carbocycles. The van der Waals surface area contributed by atoms with E-state index < -0.39 is 11.9 Å². The molecule has 0 aromatic heterocycles. The summed E-state index contributed by atoms with van der Waals surface area (Å²) in [7, 11) is 0. The highest BCUT2D eigenvalue weighted by Crippen LogP contribution is 2.14. The molecule has 0 aliphatic carbocycles. The molecule has 140 valence electrons. The van der Waals surface area contributed by atoms with Gasteiger partial charge >= 0.3 is 11.9 Å². The van der Waals surface area contributed by atoms with Crippen LogP contribution in [0.4, 0.5) is 0 Å². The summed E-state index contributed by atoms with van der Waals surface area (Å²) in [6, 6.07) is 0. The van der Waals surface area contributed by atoms with Crippen LogP contribution >= 0.6 is 0 Å². The van der Waals surface area contributed by atoms with Gasteiger partial charge in [-0.3, -0.25) is 0 Å². The summed E-state index contributed by atoms with van der Waals surface area (Å²) in [4.78, 5) is 23.3. The number of carbonyl (C=O) groups excluding carboxylic acids is 2. The molecular formula is C20H36O4. The van der Waals surface area contributed by atoms with Crippen molar-refractivity contribution in [3.05, 3.63) is 12.2 Å².